The molecule has 1 aromatic carbocycles. The third kappa shape index (κ3) is 3.55. The number of likely N-dealkylation sites (tertiary alicyclic amines) is 1. The number of piperidine rings is 1. The lowest BCUT2D eigenvalue weighted by atomic mass is 9.97. The molecule has 1 saturated heterocycles. The summed E-state index contributed by atoms with van der Waals surface area (Å²) in [5.74, 6) is 1.45. The Morgan fingerprint density at radius 3 is 2.88 bits per heavy atom. The monoisotopic (exact) mass is 366 g/mol. The van der Waals surface area contributed by atoms with Crippen LogP contribution < -0.4 is 0 Å². The maximum Gasteiger partial charge on any atom is 0.265 e. The van der Waals surface area contributed by atoms with Gasteiger partial charge in [-0.25, -0.2) is 9.97 Å². The molecule has 4 rings (SSSR count). The molecule has 1 fully saturated rings. The van der Waals surface area contributed by atoms with Crippen molar-refractivity contribution in [3.8, 4) is 0 Å². The van der Waals surface area contributed by atoms with Crippen molar-refractivity contribution in [3.05, 3.63) is 70.2 Å². The summed E-state index contributed by atoms with van der Waals surface area (Å²) in [6.45, 7) is 4.28. The average Bonchev–Trinajstić information content (AvgIpc) is 3.31. The number of nitrogens with zero attached hydrogens (tertiary/aromatic N) is 4. The van der Waals surface area contributed by atoms with Gasteiger partial charge in [0, 0.05) is 37.9 Å². The van der Waals surface area contributed by atoms with Crippen LogP contribution in [-0.2, 0) is 6.54 Å². The average molecular weight is 366 g/mol. The van der Waals surface area contributed by atoms with Crippen LogP contribution in [0.3, 0.4) is 0 Å². The number of benzene rings is 1. The van der Waals surface area contributed by atoms with Crippen molar-refractivity contribution in [2.24, 2.45) is 0 Å². The Balaban J connectivity index is 1.50. The number of aromatic nitrogens is 3. The summed E-state index contributed by atoms with van der Waals surface area (Å²) in [5.41, 5.74) is 1.26. The second-order valence-electron chi connectivity index (χ2n) is 6.73. The molecule has 1 amide bonds. The standard InChI is InChI=1S/C20H22N4OS/c1-15-22-12-18(26-15)20(25)24-10-5-8-17(14-24)19-21-9-11-23(19)13-16-6-3-2-4-7-16/h2-4,6-7,9,11-12,17H,5,8,10,13-14H2,1H3. The van der Waals surface area contributed by atoms with E-state index in [0.29, 0.717) is 0 Å². The van der Waals surface area contributed by atoms with Crippen molar-refractivity contribution in [2.75, 3.05) is 13.1 Å². The summed E-state index contributed by atoms with van der Waals surface area (Å²) in [6, 6.07) is 10.4. The van der Waals surface area contributed by atoms with Gasteiger partial charge in [0.15, 0.2) is 0 Å². The van der Waals surface area contributed by atoms with Gasteiger partial charge in [0.1, 0.15) is 10.7 Å². The van der Waals surface area contributed by atoms with E-state index in [2.05, 4.69) is 38.8 Å². The molecule has 26 heavy (non-hydrogen) atoms. The SMILES string of the molecule is Cc1ncc(C(=O)N2CCCC(c3nccn3Cc3ccccc3)C2)s1. The quantitative estimate of drug-likeness (QED) is 0.707. The zero-order chi connectivity index (χ0) is 17.9. The third-order valence-corrected chi connectivity index (χ3v) is 5.75. The van der Waals surface area contributed by atoms with E-state index in [0.717, 1.165) is 48.2 Å². The highest BCUT2D eigenvalue weighted by Gasteiger charge is 2.28. The lowest BCUT2D eigenvalue weighted by molar-refractivity contribution is 0.0708. The molecule has 0 spiro atoms. The van der Waals surface area contributed by atoms with Crippen LogP contribution in [0, 0.1) is 6.92 Å². The number of thiazole rings is 1. The first-order valence-electron chi connectivity index (χ1n) is 8.97. The Bertz CT molecular complexity index is 886. The molecule has 2 aromatic heterocycles. The summed E-state index contributed by atoms with van der Waals surface area (Å²) in [5, 5.41) is 0.931. The summed E-state index contributed by atoms with van der Waals surface area (Å²) in [4.78, 5) is 24.3. The van der Waals surface area contributed by atoms with Crippen LogP contribution in [0.15, 0.2) is 48.9 Å². The van der Waals surface area contributed by atoms with E-state index in [4.69, 9.17) is 0 Å². The Labute approximate surface area is 157 Å². The number of carbonyl (C=O) groups excluding carboxylic acids is 1. The largest absolute Gasteiger partial charge is 0.337 e. The predicted molar refractivity (Wildman–Crippen MR) is 103 cm³/mol. The first-order valence-corrected chi connectivity index (χ1v) is 9.79. The van der Waals surface area contributed by atoms with Crippen LogP contribution >= 0.6 is 11.3 Å². The Morgan fingerprint density at radius 1 is 1.27 bits per heavy atom. The minimum atomic E-state index is 0.0986. The number of amides is 1. The van der Waals surface area contributed by atoms with Crippen LogP contribution in [-0.4, -0.2) is 38.4 Å². The fourth-order valence-electron chi connectivity index (χ4n) is 3.58. The highest BCUT2D eigenvalue weighted by molar-refractivity contribution is 7.13. The summed E-state index contributed by atoms with van der Waals surface area (Å²) in [7, 11) is 0. The summed E-state index contributed by atoms with van der Waals surface area (Å²) < 4.78 is 2.21. The molecular weight excluding hydrogens is 344 g/mol. The molecule has 0 N–H and O–H groups in total. The van der Waals surface area contributed by atoms with Crippen molar-refractivity contribution in [3.63, 3.8) is 0 Å². The molecule has 0 radical (unpaired) electrons. The van der Waals surface area contributed by atoms with Crippen LogP contribution in [0.2, 0.25) is 0 Å². The van der Waals surface area contributed by atoms with Crippen molar-refractivity contribution < 1.29 is 4.79 Å². The first kappa shape index (κ1) is 17.0. The van der Waals surface area contributed by atoms with Crippen LogP contribution in [0.5, 0.6) is 0 Å². The van der Waals surface area contributed by atoms with Crippen molar-refractivity contribution in [1.29, 1.82) is 0 Å². The number of hydrogen-bond donors (Lipinski definition) is 0. The van der Waals surface area contributed by atoms with E-state index in [1.165, 1.54) is 16.9 Å². The number of imidazole rings is 1. The Morgan fingerprint density at radius 2 is 2.12 bits per heavy atom. The van der Waals surface area contributed by atoms with Gasteiger partial charge in [-0.05, 0) is 25.3 Å². The van der Waals surface area contributed by atoms with Gasteiger partial charge in [0.25, 0.3) is 5.91 Å². The number of aryl methyl sites for hydroxylation is 1. The zero-order valence-electron chi connectivity index (χ0n) is 14.8. The first-order chi connectivity index (χ1) is 12.7. The molecular formula is C20H22N4OS. The molecule has 3 aromatic rings. The van der Waals surface area contributed by atoms with Gasteiger partial charge in [-0.15, -0.1) is 11.3 Å². The summed E-state index contributed by atoms with van der Waals surface area (Å²) in [6.07, 6.45) is 7.67. The molecule has 134 valence electrons. The van der Waals surface area contributed by atoms with Crippen molar-refractivity contribution >= 4 is 17.2 Å². The summed E-state index contributed by atoms with van der Waals surface area (Å²) >= 11 is 1.47. The molecule has 0 saturated carbocycles. The Hall–Kier alpha value is -2.47. The van der Waals surface area contributed by atoms with E-state index in [9.17, 15) is 4.79 Å². The normalized spacial score (nSPS) is 17.4. The van der Waals surface area contributed by atoms with Gasteiger partial charge >= 0.3 is 0 Å². The molecule has 1 aliphatic heterocycles. The maximum absolute atomic E-state index is 12.8. The highest BCUT2D eigenvalue weighted by Crippen LogP contribution is 2.28. The maximum atomic E-state index is 12.8. The molecule has 0 bridgehead atoms. The number of rotatable bonds is 4. The van der Waals surface area contributed by atoms with Gasteiger partial charge in [-0.2, -0.15) is 0 Å². The molecule has 6 heteroatoms. The van der Waals surface area contributed by atoms with Gasteiger partial charge < -0.3 is 9.47 Å². The van der Waals surface area contributed by atoms with E-state index >= 15 is 0 Å². The van der Waals surface area contributed by atoms with Gasteiger partial charge in [0.2, 0.25) is 0 Å². The van der Waals surface area contributed by atoms with Crippen molar-refractivity contribution in [1.82, 2.24) is 19.4 Å². The number of hydrogen-bond acceptors (Lipinski definition) is 4. The molecule has 3 heterocycles. The zero-order valence-corrected chi connectivity index (χ0v) is 15.7. The lowest BCUT2D eigenvalue weighted by Crippen LogP contribution is -2.39. The molecule has 1 unspecified atom stereocenters. The van der Waals surface area contributed by atoms with Crippen LogP contribution in [0.4, 0.5) is 0 Å². The second kappa shape index (κ2) is 7.41. The molecule has 1 aliphatic rings. The smallest absolute Gasteiger partial charge is 0.265 e. The fraction of sp³-hybridized carbons (Fsp3) is 0.350. The van der Waals surface area contributed by atoms with E-state index < -0.39 is 0 Å². The topological polar surface area (TPSA) is 51.0 Å². The van der Waals surface area contributed by atoms with Crippen LogP contribution in [0.25, 0.3) is 0 Å². The van der Waals surface area contributed by atoms with Crippen LogP contribution in [0.1, 0.15) is 44.8 Å². The molecule has 5 nitrogen and oxygen atoms in total. The van der Waals surface area contributed by atoms with Gasteiger partial charge in [0.05, 0.1) is 11.2 Å². The lowest BCUT2D eigenvalue weighted by Gasteiger charge is -2.32. The second-order valence-corrected chi connectivity index (χ2v) is 7.97. The van der Waals surface area contributed by atoms with Gasteiger partial charge in [-0.1, -0.05) is 30.3 Å². The Kier molecular flexibility index (Phi) is 4.84. The number of carbonyl (C=O) groups is 1. The third-order valence-electron chi connectivity index (χ3n) is 4.85. The van der Waals surface area contributed by atoms with E-state index in [-0.39, 0.29) is 11.8 Å². The fourth-order valence-corrected chi connectivity index (χ4v) is 4.33. The van der Waals surface area contributed by atoms with Crippen molar-refractivity contribution in [2.45, 2.75) is 32.2 Å². The van der Waals surface area contributed by atoms with Gasteiger partial charge in [-0.3, -0.25) is 4.79 Å². The highest BCUT2D eigenvalue weighted by atomic mass is 32.1. The predicted octanol–water partition coefficient (Wildman–Crippen LogP) is 3.72. The van der Waals surface area contributed by atoms with E-state index in [1.54, 1.807) is 6.20 Å². The van der Waals surface area contributed by atoms with E-state index in [1.807, 2.05) is 30.3 Å². The minimum Gasteiger partial charge on any atom is -0.337 e. The minimum absolute atomic E-state index is 0.0986. The molecule has 1 atom stereocenters. The molecule has 0 aliphatic carbocycles.